The molecule has 11 heteroatoms. The van der Waals surface area contributed by atoms with E-state index in [1.807, 2.05) is 0 Å². The van der Waals surface area contributed by atoms with Crippen LogP contribution in [0.4, 0.5) is 35.0 Å². The van der Waals surface area contributed by atoms with Crippen LogP contribution >= 0.6 is 12.2 Å². The maximum atomic E-state index is 15.1. The Morgan fingerprint density at radius 2 is 1.94 bits per heavy atom. The number of anilines is 3. The van der Waals surface area contributed by atoms with Crippen molar-refractivity contribution in [2.75, 3.05) is 41.3 Å². The molecule has 35 heavy (non-hydrogen) atoms. The van der Waals surface area contributed by atoms with Crippen molar-refractivity contribution < 1.29 is 22.7 Å². The highest BCUT2D eigenvalue weighted by atomic mass is 32.1. The standard InChI is InChI=1S/C24H24F3N5O2S/c1-15(35)29-12-18-13-32(23(33)34-18)17-3-5-22(20(27)11-17)31-8-6-24(14-28,7-9-31)30-21-4-2-16(25)10-19(21)26/h2-5,10-11,18,30H,6-9,12-13H2,1H3,(H,29,35)/t18-/m0/s1. The predicted molar refractivity (Wildman–Crippen MR) is 130 cm³/mol. The second-order valence-corrected chi connectivity index (χ2v) is 9.23. The number of nitrogens with one attached hydrogen (secondary N) is 2. The summed E-state index contributed by atoms with van der Waals surface area (Å²) in [4.78, 5) is 16.0. The van der Waals surface area contributed by atoms with E-state index in [-0.39, 0.29) is 12.2 Å². The molecule has 0 spiro atoms. The molecule has 0 aliphatic carbocycles. The van der Waals surface area contributed by atoms with E-state index in [4.69, 9.17) is 17.0 Å². The number of benzene rings is 2. The highest BCUT2D eigenvalue weighted by molar-refractivity contribution is 7.80. The van der Waals surface area contributed by atoms with Gasteiger partial charge in [0.05, 0.1) is 41.2 Å². The number of halogens is 3. The summed E-state index contributed by atoms with van der Waals surface area (Å²) in [6, 6.07) is 9.87. The van der Waals surface area contributed by atoms with Crippen molar-refractivity contribution in [3.63, 3.8) is 0 Å². The molecule has 2 aliphatic heterocycles. The van der Waals surface area contributed by atoms with Gasteiger partial charge in [0, 0.05) is 32.0 Å². The molecule has 7 nitrogen and oxygen atoms in total. The van der Waals surface area contributed by atoms with Crippen molar-refractivity contribution in [2.24, 2.45) is 0 Å². The molecule has 2 aromatic rings. The lowest BCUT2D eigenvalue weighted by Crippen LogP contribution is -2.48. The van der Waals surface area contributed by atoms with Crippen LogP contribution < -0.4 is 20.4 Å². The van der Waals surface area contributed by atoms with Crippen LogP contribution in [-0.2, 0) is 4.74 Å². The SMILES string of the molecule is CC(=S)NC[C@H]1CN(c2ccc(N3CCC(C#N)(Nc4ccc(F)cc4F)CC3)c(F)c2)C(=O)O1. The minimum Gasteiger partial charge on any atom is -0.442 e. The first-order valence-corrected chi connectivity index (χ1v) is 11.5. The Morgan fingerprint density at radius 1 is 1.20 bits per heavy atom. The Balaban J connectivity index is 1.41. The molecule has 0 bridgehead atoms. The third kappa shape index (κ3) is 5.43. The fourth-order valence-corrected chi connectivity index (χ4v) is 4.34. The average molecular weight is 504 g/mol. The van der Waals surface area contributed by atoms with Gasteiger partial charge in [-0.1, -0.05) is 12.2 Å². The smallest absolute Gasteiger partial charge is 0.414 e. The molecule has 1 atom stereocenters. The van der Waals surface area contributed by atoms with E-state index in [0.717, 1.165) is 12.1 Å². The van der Waals surface area contributed by atoms with Crippen molar-refractivity contribution in [3.05, 3.63) is 53.8 Å². The van der Waals surface area contributed by atoms with Crippen LogP contribution in [0.3, 0.4) is 0 Å². The van der Waals surface area contributed by atoms with E-state index < -0.39 is 35.2 Å². The first-order chi connectivity index (χ1) is 16.7. The summed E-state index contributed by atoms with van der Waals surface area (Å²) in [5.41, 5.74) is -0.289. The molecular formula is C24H24F3N5O2S. The maximum absolute atomic E-state index is 15.1. The first-order valence-electron chi connectivity index (χ1n) is 11.1. The fourth-order valence-electron chi connectivity index (χ4n) is 4.26. The molecule has 0 saturated carbocycles. The van der Waals surface area contributed by atoms with Crippen molar-refractivity contribution in [1.82, 2.24) is 5.32 Å². The van der Waals surface area contributed by atoms with E-state index in [0.29, 0.717) is 48.8 Å². The molecule has 0 radical (unpaired) electrons. The molecule has 0 aromatic heterocycles. The molecule has 2 saturated heterocycles. The van der Waals surface area contributed by atoms with Gasteiger partial charge in [-0.2, -0.15) is 5.26 Å². The zero-order chi connectivity index (χ0) is 25.2. The maximum Gasteiger partial charge on any atom is 0.414 e. The second kappa shape index (κ2) is 10.00. The van der Waals surface area contributed by atoms with Crippen LogP contribution in [0.5, 0.6) is 0 Å². The van der Waals surface area contributed by atoms with Crippen LogP contribution in [0.1, 0.15) is 19.8 Å². The topological polar surface area (TPSA) is 80.6 Å². The molecule has 4 rings (SSSR count). The Bertz CT molecular complexity index is 1180. The Kier molecular flexibility index (Phi) is 7.03. The normalized spacial score (nSPS) is 19.2. The quantitative estimate of drug-likeness (QED) is 0.568. The summed E-state index contributed by atoms with van der Waals surface area (Å²) in [6.45, 7) is 3.07. The van der Waals surface area contributed by atoms with Gasteiger partial charge in [0.25, 0.3) is 0 Å². The van der Waals surface area contributed by atoms with E-state index >= 15 is 4.39 Å². The number of thiocarbonyl (C=S) groups is 1. The number of rotatable bonds is 6. The van der Waals surface area contributed by atoms with Gasteiger partial charge < -0.3 is 20.3 Å². The number of cyclic esters (lactones) is 1. The van der Waals surface area contributed by atoms with Gasteiger partial charge in [0.15, 0.2) is 0 Å². The van der Waals surface area contributed by atoms with Crippen molar-refractivity contribution >= 4 is 40.4 Å². The van der Waals surface area contributed by atoms with Gasteiger partial charge in [-0.25, -0.2) is 18.0 Å². The van der Waals surface area contributed by atoms with E-state index in [2.05, 4.69) is 16.7 Å². The van der Waals surface area contributed by atoms with Crippen molar-refractivity contribution in [2.45, 2.75) is 31.4 Å². The van der Waals surface area contributed by atoms with Gasteiger partial charge in [-0.15, -0.1) is 0 Å². The van der Waals surface area contributed by atoms with Gasteiger partial charge in [-0.05, 0) is 37.3 Å². The lowest BCUT2D eigenvalue weighted by molar-refractivity contribution is 0.143. The molecule has 2 aromatic carbocycles. The summed E-state index contributed by atoms with van der Waals surface area (Å²) >= 11 is 4.97. The summed E-state index contributed by atoms with van der Waals surface area (Å²) in [6.07, 6.45) is -0.355. The molecule has 2 fully saturated rings. The number of nitriles is 1. The number of carbonyl (C=O) groups excluding carboxylic acids is 1. The van der Waals surface area contributed by atoms with E-state index in [1.165, 1.54) is 17.0 Å². The fraction of sp³-hybridized carbons (Fsp3) is 0.375. The lowest BCUT2D eigenvalue weighted by atomic mass is 9.88. The van der Waals surface area contributed by atoms with Crippen LogP contribution in [0.25, 0.3) is 0 Å². The van der Waals surface area contributed by atoms with Crippen molar-refractivity contribution in [3.8, 4) is 6.07 Å². The minimum atomic E-state index is -1.06. The average Bonchev–Trinajstić information content (AvgIpc) is 3.20. The van der Waals surface area contributed by atoms with Gasteiger partial charge in [-0.3, -0.25) is 4.90 Å². The number of carbonyl (C=O) groups is 1. The molecule has 184 valence electrons. The summed E-state index contributed by atoms with van der Waals surface area (Å²) in [5.74, 6) is -1.99. The zero-order valence-electron chi connectivity index (χ0n) is 19.0. The van der Waals surface area contributed by atoms with Crippen molar-refractivity contribution in [1.29, 1.82) is 5.26 Å². The molecule has 1 amide bonds. The second-order valence-electron chi connectivity index (χ2n) is 8.62. The van der Waals surface area contributed by atoms with Gasteiger partial charge in [0.1, 0.15) is 29.1 Å². The highest BCUT2D eigenvalue weighted by Gasteiger charge is 2.37. The van der Waals surface area contributed by atoms with E-state index in [1.54, 1.807) is 24.0 Å². The van der Waals surface area contributed by atoms with Gasteiger partial charge >= 0.3 is 6.09 Å². The third-order valence-corrected chi connectivity index (χ3v) is 6.32. The number of hydrogen-bond donors (Lipinski definition) is 2. The monoisotopic (exact) mass is 503 g/mol. The number of hydrogen-bond acceptors (Lipinski definition) is 6. The molecule has 2 aliphatic rings. The molecular weight excluding hydrogens is 479 g/mol. The third-order valence-electron chi connectivity index (χ3n) is 6.17. The first kappa shape index (κ1) is 24.6. The lowest BCUT2D eigenvalue weighted by Gasteiger charge is -2.39. The molecule has 0 unspecified atom stereocenters. The number of ether oxygens (including phenoxy) is 1. The van der Waals surface area contributed by atoms with E-state index in [9.17, 15) is 18.8 Å². The number of nitrogens with zero attached hydrogens (tertiary/aromatic N) is 3. The minimum absolute atomic E-state index is 0.0451. The Hall–Kier alpha value is -3.52. The van der Waals surface area contributed by atoms with Crippen LogP contribution in [-0.4, -0.2) is 48.9 Å². The number of piperidine rings is 1. The highest BCUT2D eigenvalue weighted by Crippen LogP contribution is 2.33. The zero-order valence-corrected chi connectivity index (χ0v) is 19.8. The predicted octanol–water partition coefficient (Wildman–Crippen LogP) is 4.34. The van der Waals surface area contributed by atoms with Crippen LogP contribution in [0.15, 0.2) is 36.4 Å². The molecule has 2 N–H and O–H groups in total. The van der Waals surface area contributed by atoms with Crippen LogP contribution in [0, 0.1) is 28.8 Å². The summed E-state index contributed by atoms with van der Waals surface area (Å²) in [5, 5.41) is 15.6. The summed E-state index contributed by atoms with van der Waals surface area (Å²) < 4.78 is 47.7. The molecule has 2 heterocycles. The Labute approximate surface area is 206 Å². The summed E-state index contributed by atoms with van der Waals surface area (Å²) in [7, 11) is 0. The van der Waals surface area contributed by atoms with Gasteiger partial charge in [0.2, 0.25) is 0 Å². The van der Waals surface area contributed by atoms with Crippen LogP contribution in [0.2, 0.25) is 0 Å². The largest absolute Gasteiger partial charge is 0.442 e. The number of amides is 1. The Morgan fingerprint density at radius 3 is 2.57 bits per heavy atom.